The minimum Gasteiger partial charge on any atom is -0.353 e. The highest BCUT2D eigenvalue weighted by atomic mass is 19.4. The molecule has 6 nitrogen and oxygen atoms in total. The number of carbonyl (C=O) groups is 2. The number of amides is 3. The molecule has 32 heavy (non-hydrogen) atoms. The lowest BCUT2D eigenvalue weighted by atomic mass is 10.2. The van der Waals surface area contributed by atoms with Crippen molar-refractivity contribution in [3.63, 3.8) is 0 Å². The molecule has 3 rings (SSSR count). The van der Waals surface area contributed by atoms with E-state index in [-0.39, 0.29) is 30.2 Å². The van der Waals surface area contributed by atoms with Gasteiger partial charge in [0.2, 0.25) is 5.91 Å². The van der Waals surface area contributed by atoms with Gasteiger partial charge in [-0.25, -0.2) is 4.79 Å². The van der Waals surface area contributed by atoms with Crippen molar-refractivity contribution < 1.29 is 22.8 Å². The fourth-order valence-electron chi connectivity index (χ4n) is 3.46. The molecule has 0 aliphatic heterocycles. The van der Waals surface area contributed by atoms with Gasteiger partial charge in [0, 0.05) is 36.7 Å². The van der Waals surface area contributed by atoms with E-state index in [1.54, 1.807) is 0 Å². The molecule has 1 fully saturated rings. The van der Waals surface area contributed by atoms with E-state index in [9.17, 15) is 22.8 Å². The molecule has 1 unspecified atom stereocenters. The van der Waals surface area contributed by atoms with Crippen molar-refractivity contribution >= 4 is 17.6 Å². The third kappa shape index (κ3) is 5.83. The van der Waals surface area contributed by atoms with Crippen molar-refractivity contribution in [3.05, 3.63) is 53.9 Å². The number of anilines is 1. The number of hydrogen-bond donors (Lipinski definition) is 1. The number of benzene rings is 1. The van der Waals surface area contributed by atoms with Gasteiger partial charge in [-0.05, 0) is 62.6 Å². The number of carbonyl (C=O) groups excluding carboxylic acids is 2. The van der Waals surface area contributed by atoms with Gasteiger partial charge in [-0.1, -0.05) is 6.92 Å². The van der Waals surface area contributed by atoms with Crippen LogP contribution in [0.1, 0.15) is 44.4 Å². The standard InChI is InChI=1S/C23H29F3N4O2/c1-4-16(2)29(22(32)27-18-9-7-17(8-10-18)23(24,25)26)15-21(31)30(19-11-12-19)14-20-6-5-13-28(20)3/h5-10,13,16,19H,4,11-12,14-15H2,1-3H3,(H,27,32). The number of aromatic nitrogens is 1. The average molecular weight is 451 g/mol. The first-order chi connectivity index (χ1) is 15.1. The van der Waals surface area contributed by atoms with Crippen LogP contribution in [0.5, 0.6) is 0 Å². The molecule has 2 aromatic rings. The van der Waals surface area contributed by atoms with Crippen LogP contribution in [0.4, 0.5) is 23.7 Å². The highest BCUT2D eigenvalue weighted by molar-refractivity contribution is 5.92. The number of alkyl halides is 3. The summed E-state index contributed by atoms with van der Waals surface area (Å²) in [4.78, 5) is 29.4. The second-order valence-corrected chi connectivity index (χ2v) is 8.25. The van der Waals surface area contributed by atoms with Crippen molar-refractivity contribution in [2.75, 3.05) is 11.9 Å². The van der Waals surface area contributed by atoms with E-state index < -0.39 is 17.8 Å². The highest BCUT2D eigenvalue weighted by Crippen LogP contribution is 2.30. The zero-order chi connectivity index (χ0) is 23.5. The van der Waals surface area contributed by atoms with Crippen LogP contribution >= 0.6 is 0 Å². The van der Waals surface area contributed by atoms with Gasteiger partial charge in [0.25, 0.3) is 0 Å². The third-order valence-electron chi connectivity index (χ3n) is 5.84. The van der Waals surface area contributed by atoms with Crippen molar-refractivity contribution in [1.29, 1.82) is 0 Å². The summed E-state index contributed by atoms with van der Waals surface area (Å²) in [5.41, 5.74) is 0.464. The zero-order valence-corrected chi connectivity index (χ0v) is 18.5. The molecule has 1 N–H and O–H groups in total. The zero-order valence-electron chi connectivity index (χ0n) is 18.5. The van der Waals surface area contributed by atoms with Crippen LogP contribution < -0.4 is 5.32 Å². The summed E-state index contributed by atoms with van der Waals surface area (Å²) < 4.78 is 40.3. The Balaban J connectivity index is 1.70. The molecule has 1 aromatic heterocycles. The van der Waals surface area contributed by atoms with Crippen molar-refractivity contribution in [1.82, 2.24) is 14.4 Å². The van der Waals surface area contributed by atoms with Crippen LogP contribution in [0.3, 0.4) is 0 Å². The Kier molecular flexibility index (Phi) is 7.16. The Bertz CT molecular complexity index is 935. The van der Waals surface area contributed by atoms with Gasteiger partial charge in [0.15, 0.2) is 0 Å². The van der Waals surface area contributed by atoms with Crippen LogP contribution in [-0.2, 0) is 24.6 Å². The predicted molar refractivity (Wildman–Crippen MR) is 116 cm³/mol. The second-order valence-electron chi connectivity index (χ2n) is 8.25. The number of nitrogens with one attached hydrogen (secondary N) is 1. The largest absolute Gasteiger partial charge is 0.416 e. The maximum Gasteiger partial charge on any atom is 0.416 e. The molecule has 174 valence electrons. The van der Waals surface area contributed by atoms with E-state index in [1.807, 2.05) is 48.7 Å². The Hall–Kier alpha value is -2.97. The molecule has 1 saturated carbocycles. The van der Waals surface area contributed by atoms with E-state index in [0.717, 1.165) is 30.7 Å². The summed E-state index contributed by atoms with van der Waals surface area (Å²) in [5.74, 6) is -0.142. The van der Waals surface area contributed by atoms with E-state index in [0.29, 0.717) is 13.0 Å². The molecule has 1 atom stereocenters. The van der Waals surface area contributed by atoms with Gasteiger partial charge in [-0.3, -0.25) is 4.79 Å². The summed E-state index contributed by atoms with van der Waals surface area (Å²) in [5, 5.41) is 2.62. The number of urea groups is 1. The Morgan fingerprint density at radius 1 is 1.19 bits per heavy atom. The lowest BCUT2D eigenvalue weighted by Crippen LogP contribution is -2.48. The molecule has 0 bridgehead atoms. The molecule has 1 aliphatic carbocycles. The maximum absolute atomic E-state index is 13.2. The lowest BCUT2D eigenvalue weighted by molar-refractivity contribution is -0.137. The maximum atomic E-state index is 13.2. The second kappa shape index (κ2) is 9.67. The molecule has 9 heteroatoms. The van der Waals surface area contributed by atoms with Gasteiger partial charge in [0.1, 0.15) is 6.54 Å². The number of halogens is 3. The molecule has 1 aliphatic rings. The van der Waals surface area contributed by atoms with E-state index in [1.165, 1.54) is 17.0 Å². The smallest absolute Gasteiger partial charge is 0.353 e. The Labute approximate surface area is 186 Å². The topological polar surface area (TPSA) is 57.6 Å². The van der Waals surface area contributed by atoms with Gasteiger partial charge in [0.05, 0.1) is 12.1 Å². The quantitative estimate of drug-likeness (QED) is 0.624. The van der Waals surface area contributed by atoms with Crippen LogP contribution in [0.2, 0.25) is 0 Å². The molecule has 3 amide bonds. The SMILES string of the molecule is CCC(C)N(CC(=O)N(Cc1cccn1C)C1CC1)C(=O)Nc1ccc(C(F)(F)F)cc1. The normalized spacial score (nSPS) is 14.7. The Morgan fingerprint density at radius 2 is 1.84 bits per heavy atom. The predicted octanol–water partition coefficient (Wildman–Crippen LogP) is 4.87. The van der Waals surface area contributed by atoms with E-state index in [2.05, 4.69) is 5.32 Å². The van der Waals surface area contributed by atoms with E-state index >= 15 is 0 Å². The molecular weight excluding hydrogens is 421 g/mol. The van der Waals surface area contributed by atoms with Gasteiger partial charge >= 0.3 is 12.2 Å². The number of aryl methyl sites for hydroxylation is 1. The van der Waals surface area contributed by atoms with Crippen LogP contribution in [0, 0.1) is 0 Å². The van der Waals surface area contributed by atoms with Crippen molar-refractivity contribution in [2.24, 2.45) is 7.05 Å². The fourth-order valence-corrected chi connectivity index (χ4v) is 3.46. The molecular formula is C23H29F3N4O2. The third-order valence-corrected chi connectivity index (χ3v) is 5.84. The number of hydrogen-bond acceptors (Lipinski definition) is 2. The lowest BCUT2D eigenvalue weighted by Gasteiger charge is -2.31. The van der Waals surface area contributed by atoms with Crippen molar-refractivity contribution in [3.8, 4) is 0 Å². The monoisotopic (exact) mass is 450 g/mol. The number of nitrogens with zero attached hydrogens (tertiary/aromatic N) is 3. The van der Waals surface area contributed by atoms with E-state index in [4.69, 9.17) is 0 Å². The van der Waals surface area contributed by atoms with Gasteiger partial charge < -0.3 is 19.7 Å². The molecule has 1 aromatic carbocycles. The minimum atomic E-state index is -4.44. The summed E-state index contributed by atoms with van der Waals surface area (Å²) in [6.07, 6.45) is -0.000369. The van der Waals surface area contributed by atoms with Gasteiger partial charge in [-0.15, -0.1) is 0 Å². The Morgan fingerprint density at radius 3 is 2.34 bits per heavy atom. The first-order valence-corrected chi connectivity index (χ1v) is 10.7. The molecule has 0 spiro atoms. The first-order valence-electron chi connectivity index (χ1n) is 10.7. The van der Waals surface area contributed by atoms with Crippen LogP contribution in [0.25, 0.3) is 0 Å². The summed E-state index contributed by atoms with van der Waals surface area (Å²) >= 11 is 0. The average Bonchev–Trinajstić information content (AvgIpc) is 3.50. The fraction of sp³-hybridized carbons (Fsp3) is 0.478. The van der Waals surface area contributed by atoms with Crippen molar-refractivity contribution in [2.45, 2.75) is 57.9 Å². The highest BCUT2D eigenvalue weighted by Gasteiger charge is 2.35. The van der Waals surface area contributed by atoms with Crippen LogP contribution in [-0.4, -0.2) is 44.9 Å². The summed E-state index contributed by atoms with van der Waals surface area (Å²) in [7, 11) is 1.92. The van der Waals surface area contributed by atoms with Gasteiger partial charge in [-0.2, -0.15) is 13.2 Å². The summed E-state index contributed by atoms with van der Waals surface area (Å²) in [6.45, 7) is 4.14. The first kappa shape index (κ1) is 23.7. The molecule has 1 heterocycles. The molecule has 0 radical (unpaired) electrons. The molecule has 0 saturated heterocycles. The van der Waals surface area contributed by atoms with Crippen LogP contribution in [0.15, 0.2) is 42.6 Å². The minimum absolute atomic E-state index is 0.0948. The number of rotatable bonds is 8. The summed E-state index contributed by atoms with van der Waals surface area (Å²) in [6, 6.07) is 7.60.